The number of amides is 1. The number of rotatable bonds is 6. The molecule has 0 aliphatic heterocycles. The fourth-order valence-electron chi connectivity index (χ4n) is 2.70. The van der Waals surface area contributed by atoms with Crippen molar-refractivity contribution in [2.75, 3.05) is 25.1 Å². The van der Waals surface area contributed by atoms with E-state index in [1.165, 1.54) is 0 Å². The van der Waals surface area contributed by atoms with Gasteiger partial charge in [0.2, 0.25) is 0 Å². The van der Waals surface area contributed by atoms with Crippen LogP contribution in [0, 0.1) is 6.92 Å². The number of para-hydroxylation sites is 1. The Kier molecular flexibility index (Phi) is 5.34. The molecule has 1 heterocycles. The molecule has 3 rings (SSSR count). The number of aliphatic hydroxyl groups is 1. The summed E-state index contributed by atoms with van der Waals surface area (Å²) in [7, 11) is 1.91. The first-order chi connectivity index (χ1) is 12.6. The molecule has 0 radical (unpaired) electrons. The summed E-state index contributed by atoms with van der Waals surface area (Å²) >= 11 is 0. The van der Waals surface area contributed by atoms with Crippen LogP contribution in [0.15, 0.2) is 58.0 Å². The van der Waals surface area contributed by atoms with E-state index in [1.54, 1.807) is 6.21 Å². The van der Waals surface area contributed by atoms with Crippen molar-refractivity contribution in [3.63, 3.8) is 0 Å². The maximum absolute atomic E-state index is 12.3. The van der Waals surface area contributed by atoms with Gasteiger partial charge in [-0.05, 0) is 30.7 Å². The molecule has 2 aromatic carbocycles. The predicted molar refractivity (Wildman–Crippen MR) is 103 cm³/mol. The first-order valence-corrected chi connectivity index (χ1v) is 8.33. The van der Waals surface area contributed by atoms with Crippen LogP contribution in [0.4, 0.5) is 5.69 Å². The van der Waals surface area contributed by atoms with E-state index in [2.05, 4.69) is 10.5 Å². The molecule has 0 saturated carbocycles. The predicted octanol–water partition coefficient (Wildman–Crippen LogP) is 2.93. The quantitative estimate of drug-likeness (QED) is 0.529. The molecule has 6 nitrogen and oxygen atoms in total. The Labute approximate surface area is 151 Å². The molecule has 2 N–H and O–H groups in total. The molecule has 0 saturated heterocycles. The highest BCUT2D eigenvalue weighted by Crippen LogP contribution is 2.24. The number of nitrogens with zero attached hydrogens (tertiary/aromatic N) is 2. The van der Waals surface area contributed by atoms with Gasteiger partial charge in [-0.2, -0.15) is 5.10 Å². The third kappa shape index (κ3) is 3.75. The number of furan rings is 1. The van der Waals surface area contributed by atoms with E-state index in [-0.39, 0.29) is 18.3 Å². The van der Waals surface area contributed by atoms with E-state index in [9.17, 15) is 4.79 Å². The lowest BCUT2D eigenvalue weighted by molar-refractivity contribution is 0.0929. The van der Waals surface area contributed by atoms with Crippen LogP contribution in [0.5, 0.6) is 0 Å². The number of hydrogen-bond donors (Lipinski definition) is 2. The molecule has 1 amide bonds. The van der Waals surface area contributed by atoms with Crippen LogP contribution in [0.3, 0.4) is 0 Å². The van der Waals surface area contributed by atoms with Gasteiger partial charge in [-0.25, -0.2) is 5.43 Å². The van der Waals surface area contributed by atoms with Crippen molar-refractivity contribution in [3.8, 4) is 0 Å². The van der Waals surface area contributed by atoms with E-state index in [1.807, 2.05) is 67.4 Å². The van der Waals surface area contributed by atoms with Crippen molar-refractivity contribution in [2.45, 2.75) is 6.92 Å². The van der Waals surface area contributed by atoms with Gasteiger partial charge in [-0.1, -0.05) is 30.3 Å². The van der Waals surface area contributed by atoms with Gasteiger partial charge in [0.1, 0.15) is 5.58 Å². The fourth-order valence-corrected chi connectivity index (χ4v) is 2.70. The van der Waals surface area contributed by atoms with Crippen LogP contribution in [0.2, 0.25) is 0 Å². The van der Waals surface area contributed by atoms with Crippen LogP contribution in [-0.2, 0) is 0 Å². The molecular weight excluding hydrogens is 330 g/mol. The lowest BCUT2D eigenvalue weighted by Gasteiger charge is -2.17. The molecular formula is C20H21N3O3. The van der Waals surface area contributed by atoms with Gasteiger partial charge in [-0.15, -0.1) is 0 Å². The molecule has 1 aromatic heterocycles. The Morgan fingerprint density at radius 3 is 2.65 bits per heavy atom. The summed E-state index contributed by atoms with van der Waals surface area (Å²) in [5.41, 5.74) is 5.83. The topological polar surface area (TPSA) is 78.1 Å². The summed E-state index contributed by atoms with van der Waals surface area (Å²) in [4.78, 5) is 14.2. The van der Waals surface area contributed by atoms with Crippen molar-refractivity contribution in [2.24, 2.45) is 5.10 Å². The number of fused-ring (bicyclic) bond motifs is 1. The molecule has 0 aliphatic rings. The van der Waals surface area contributed by atoms with Crippen molar-refractivity contribution in [1.29, 1.82) is 0 Å². The van der Waals surface area contributed by atoms with Crippen molar-refractivity contribution < 1.29 is 14.3 Å². The Balaban J connectivity index is 1.66. The van der Waals surface area contributed by atoms with Crippen LogP contribution in [0.25, 0.3) is 11.0 Å². The maximum atomic E-state index is 12.3. The molecule has 0 atom stereocenters. The largest absolute Gasteiger partial charge is 0.451 e. The van der Waals surface area contributed by atoms with Crippen LogP contribution >= 0.6 is 0 Å². The monoisotopic (exact) mass is 351 g/mol. The first kappa shape index (κ1) is 17.7. The number of benzene rings is 2. The van der Waals surface area contributed by atoms with E-state index >= 15 is 0 Å². The van der Waals surface area contributed by atoms with Crippen molar-refractivity contribution in [1.82, 2.24) is 5.43 Å². The zero-order valence-corrected chi connectivity index (χ0v) is 14.8. The number of aryl methyl sites for hydroxylation is 1. The molecule has 3 aromatic rings. The lowest BCUT2D eigenvalue weighted by Crippen LogP contribution is -2.20. The minimum atomic E-state index is -0.380. The van der Waals surface area contributed by atoms with Gasteiger partial charge in [-0.3, -0.25) is 4.79 Å². The highest BCUT2D eigenvalue weighted by molar-refractivity contribution is 5.99. The first-order valence-electron chi connectivity index (χ1n) is 8.33. The minimum absolute atomic E-state index is 0.104. The van der Waals surface area contributed by atoms with Gasteiger partial charge in [0.25, 0.3) is 0 Å². The summed E-state index contributed by atoms with van der Waals surface area (Å²) in [5.74, 6) is -0.112. The van der Waals surface area contributed by atoms with Crippen LogP contribution in [0.1, 0.15) is 21.7 Å². The number of carbonyl (C=O) groups is 1. The zero-order valence-electron chi connectivity index (χ0n) is 14.8. The normalized spacial score (nSPS) is 11.2. The fraction of sp³-hybridized carbons (Fsp3) is 0.200. The van der Waals surface area contributed by atoms with Gasteiger partial charge in [0.15, 0.2) is 5.76 Å². The number of hydrazone groups is 1. The number of carbonyl (C=O) groups excluding carboxylic acids is 1. The van der Waals surface area contributed by atoms with Crippen molar-refractivity contribution in [3.05, 3.63) is 65.4 Å². The Bertz CT molecular complexity index is 929. The van der Waals surface area contributed by atoms with Crippen LogP contribution < -0.4 is 10.3 Å². The molecule has 0 spiro atoms. The number of hydrogen-bond acceptors (Lipinski definition) is 5. The third-order valence-corrected chi connectivity index (χ3v) is 4.20. The number of anilines is 1. The second-order valence-electron chi connectivity index (χ2n) is 5.99. The average molecular weight is 351 g/mol. The van der Waals surface area contributed by atoms with Crippen LogP contribution in [-0.4, -0.2) is 37.4 Å². The second-order valence-corrected chi connectivity index (χ2v) is 5.99. The van der Waals surface area contributed by atoms with E-state index in [0.29, 0.717) is 12.1 Å². The zero-order chi connectivity index (χ0) is 18.5. The second kappa shape index (κ2) is 7.84. The summed E-state index contributed by atoms with van der Waals surface area (Å²) < 4.78 is 5.62. The molecule has 26 heavy (non-hydrogen) atoms. The SMILES string of the molecule is Cc1c(C(=O)N/N=C\c2ccc(N(C)CCO)cc2)oc2ccccc12. The highest BCUT2D eigenvalue weighted by atomic mass is 16.3. The average Bonchev–Trinajstić information content (AvgIpc) is 2.99. The van der Waals surface area contributed by atoms with Gasteiger partial charge < -0.3 is 14.4 Å². The number of aliphatic hydroxyl groups excluding tert-OH is 1. The maximum Gasteiger partial charge on any atom is 0.307 e. The minimum Gasteiger partial charge on any atom is -0.451 e. The standard InChI is InChI=1S/C20H21N3O3/c1-14-17-5-3-4-6-18(17)26-19(14)20(25)22-21-13-15-7-9-16(10-8-15)23(2)11-12-24/h3-10,13,24H,11-12H2,1-2H3,(H,22,25)/b21-13-. The van der Waals surface area contributed by atoms with E-state index < -0.39 is 0 Å². The highest BCUT2D eigenvalue weighted by Gasteiger charge is 2.16. The van der Waals surface area contributed by atoms with Gasteiger partial charge >= 0.3 is 5.91 Å². The summed E-state index contributed by atoms with van der Waals surface area (Å²) in [5, 5.41) is 13.9. The molecule has 0 unspecified atom stereocenters. The summed E-state index contributed by atoms with van der Waals surface area (Å²) in [6.45, 7) is 2.53. The van der Waals surface area contributed by atoms with Crippen molar-refractivity contribution >= 4 is 28.8 Å². The van der Waals surface area contributed by atoms with Gasteiger partial charge in [0.05, 0.1) is 12.8 Å². The van der Waals surface area contributed by atoms with E-state index in [4.69, 9.17) is 9.52 Å². The molecule has 0 aliphatic carbocycles. The Hall–Kier alpha value is -3.12. The number of likely N-dealkylation sites (N-methyl/N-ethyl adjacent to an activating group) is 1. The molecule has 0 fully saturated rings. The Morgan fingerprint density at radius 1 is 1.23 bits per heavy atom. The molecule has 0 bridgehead atoms. The Morgan fingerprint density at radius 2 is 1.96 bits per heavy atom. The third-order valence-electron chi connectivity index (χ3n) is 4.20. The smallest absolute Gasteiger partial charge is 0.307 e. The summed E-state index contributed by atoms with van der Waals surface area (Å²) in [6.07, 6.45) is 1.58. The lowest BCUT2D eigenvalue weighted by atomic mass is 10.1. The summed E-state index contributed by atoms with van der Waals surface area (Å²) in [6, 6.07) is 15.2. The van der Waals surface area contributed by atoms with Gasteiger partial charge in [0, 0.05) is 30.2 Å². The van der Waals surface area contributed by atoms with E-state index in [0.717, 1.165) is 22.2 Å². The molecule has 134 valence electrons. The number of nitrogens with one attached hydrogen (secondary N) is 1. The molecule has 6 heteroatoms.